The van der Waals surface area contributed by atoms with E-state index in [-0.39, 0.29) is 11.7 Å². The summed E-state index contributed by atoms with van der Waals surface area (Å²) in [7, 11) is 0. The lowest BCUT2D eigenvalue weighted by Crippen LogP contribution is -2.14. The molecule has 1 unspecified atom stereocenters. The summed E-state index contributed by atoms with van der Waals surface area (Å²) >= 11 is 0. The Kier molecular flexibility index (Phi) is 3.74. The number of Topliss-reactive ketones (excluding diaryl/α,β-unsaturated/α-hetero) is 1. The maximum atomic E-state index is 11.8. The number of aromatic hydroxyl groups is 1. The van der Waals surface area contributed by atoms with Crippen molar-refractivity contribution < 1.29 is 9.90 Å². The van der Waals surface area contributed by atoms with Gasteiger partial charge in [-0.1, -0.05) is 6.07 Å². The third-order valence-electron chi connectivity index (χ3n) is 4.22. The zero-order valence-corrected chi connectivity index (χ0v) is 12.2. The van der Waals surface area contributed by atoms with Gasteiger partial charge in [-0.25, -0.2) is 0 Å². The number of pyridine rings is 1. The minimum Gasteiger partial charge on any atom is -0.508 e. The van der Waals surface area contributed by atoms with Crippen LogP contribution in [0, 0.1) is 6.92 Å². The molecule has 1 fully saturated rings. The molecule has 1 aromatic heterocycles. The number of phenols is 1. The van der Waals surface area contributed by atoms with E-state index in [4.69, 9.17) is 0 Å². The van der Waals surface area contributed by atoms with Crippen LogP contribution < -0.4 is 0 Å². The first-order valence-corrected chi connectivity index (χ1v) is 7.42. The average Bonchev–Trinajstić information content (AvgIpc) is 2.48. The van der Waals surface area contributed by atoms with Crippen LogP contribution in [0.2, 0.25) is 0 Å². The SMILES string of the molecule is Cc1cccnc1-c1ccc(O)cc1C1CCCC(=O)C1. The second-order valence-electron chi connectivity index (χ2n) is 5.77. The van der Waals surface area contributed by atoms with E-state index in [0.29, 0.717) is 18.6 Å². The number of rotatable bonds is 2. The van der Waals surface area contributed by atoms with Gasteiger partial charge in [-0.15, -0.1) is 0 Å². The Bertz CT molecular complexity index is 679. The molecule has 0 amide bonds. The molecule has 21 heavy (non-hydrogen) atoms. The lowest BCUT2D eigenvalue weighted by molar-refractivity contribution is -0.120. The second-order valence-corrected chi connectivity index (χ2v) is 5.77. The van der Waals surface area contributed by atoms with Crippen molar-refractivity contribution in [3.05, 3.63) is 47.7 Å². The standard InChI is InChI=1S/C18H19NO2/c1-12-4-3-9-19-18(12)16-8-7-15(21)11-17(16)13-5-2-6-14(20)10-13/h3-4,7-9,11,13,21H,2,5-6,10H2,1H3. The zero-order chi connectivity index (χ0) is 14.8. The predicted molar refractivity (Wildman–Crippen MR) is 82.3 cm³/mol. The van der Waals surface area contributed by atoms with Crippen LogP contribution in [0.3, 0.4) is 0 Å². The lowest BCUT2D eigenvalue weighted by atomic mass is 9.80. The first-order chi connectivity index (χ1) is 10.1. The molecule has 0 radical (unpaired) electrons. The van der Waals surface area contributed by atoms with Crippen molar-refractivity contribution in [1.29, 1.82) is 0 Å². The largest absolute Gasteiger partial charge is 0.508 e. The first kappa shape index (κ1) is 13.8. The van der Waals surface area contributed by atoms with Gasteiger partial charge < -0.3 is 5.11 Å². The smallest absolute Gasteiger partial charge is 0.133 e. The molecule has 0 saturated heterocycles. The Morgan fingerprint density at radius 2 is 2.14 bits per heavy atom. The lowest BCUT2D eigenvalue weighted by Gasteiger charge is -2.24. The number of aromatic nitrogens is 1. The fourth-order valence-electron chi connectivity index (χ4n) is 3.16. The van der Waals surface area contributed by atoms with Crippen molar-refractivity contribution in [3.63, 3.8) is 0 Å². The predicted octanol–water partition coefficient (Wildman–Crippen LogP) is 3.99. The van der Waals surface area contributed by atoms with Crippen molar-refractivity contribution in [3.8, 4) is 17.0 Å². The summed E-state index contributed by atoms with van der Waals surface area (Å²) in [4.78, 5) is 16.3. The molecule has 2 aromatic rings. The van der Waals surface area contributed by atoms with Crippen LogP contribution in [0.15, 0.2) is 36.5 Å². The van der Waals surface area contributed by atoms with E-state index in [0.717, 1.165) is 35.2 Å². The summed E-state index contributed by atoms with van der Waals surface area (Å²) in [6.45, 7) is 2.03. The van der Waals surface area contributed by atoms with Crippen molar-refractivity contribution in [1.82, 2.24) is 4.98 Å². The summed E-state index contributed by atoms with van der Waals surface area (Å²) < 4.78 is 0. The van der Waals surface area contributed by atoms with Crippen LogP contribution in [0.4, 0.5) is 0 Å². The van der Waals surface area contributed by atoms with Gasteiger partial charge in [0.25, 0.3) is 0 Å². The van der Waals surface area contributed by atoms with Crippen LogP contribution in [0.5, 0.6) is 5.75 Å². The molecule has 1 N–H and O–H groups in total. The molecule has 1 saturated carbocycles. The van der Waals surface area contributed by atoms with Gasteiger partial charge in [0.05, 0.1) is 5.69 Å². The molecule has 1 heterocycles. The Morgan fingerprint density at radius 1 is 1.29 bits per heavy atom. The van der Waals surface area contributed by atoms with Crippen molar-refractivity contribution in [2.45, 2.75) is 38.5 Å². The van der Waals surface area contributed by atoms with Crippen LogP contribution in [-0.4, -0.2) is 15.9 Å². The summed E-state index contributed by atoms with van der Waals surface area (Å²) in [5, 5.41) is 9.84. The molecule has 1 aliphatic carbocycles. The monoisotopic (exact) mass is 281 g/mol. The highest BCUT2D eigenvalue weighted by molar-refractivity contribution is 5.81. The molecule has 0 bridgehead atoms. The maximum absolute atomic E-state index is 11.8. The van der Waals surface area contributed by atoms with Crippen molar-refractivity contribution >= 4 is 5.78 Å². The van der Waals surface area contributed by atoms with Gasteiger partial charge in [-0.2, -0.15) is 0 Å². The normalized spacial score (nSPS) is 18.7. The highest BCUT2D eigenvalue weighted by Crippen LogP contribution is 2.38. The number of benzene rings is 1. The van der Waals surface area contributed by atoms with Crippen LogP contribution in [0.25, 0.3) is 11.3 Å². The minimum absolute atomic E-state index is 0.190. The molecule has 1 atom stereocenters. The first-order valence-electron chi connectivity index (χ1n) is 7.42. The second kappa shape index (κ2) is 5.68. The molecule has 3 rings (SSSR count). The van der Waals surface area contributed by atoms with E-state index in [2.05, 4.69) is 4.98 Å². The topological polar surface area (TPSA) is 50.2 Å². The molecule has 3 heteroatoms. The van der Waals surface area contributed by atoms with Gasteiger partial charge >= 0.3 is 0 Å². The number of ketones is 1. The molecule has 0 spiro atoms. The number of carbonyl (C=O) groups is 1. The van der Waals surface area contributed by atoms with E-state index in [1.807, 2.05) is 25.1 Å². The number of hydrogen-bond donors (Lipinski definition) is 1. The average molecular weight is 281 g/mol. The van der Waals surface area contributed by atoms with Gasteiger partial charge in [0.15, 0.2) is 0 Å². The summed E-state index contributed by atoms with van der Waals surface area (Å²) in [5.74, 6) is 0.758. The molecule has 0 aliphatic heterocycles. The molecular weight excluding hydrogens is 262 g/mol. The van der Waals surface area contributed by atoms with Crippen molar-refractivity contribution in [2.75, 3.05) is 0 Å². The van der Waals surface area contributed by atoms with Gasteiger partial charge in [-0.3, -0.25) is 9.78 Å². The third-order valence-corrected chi connectivity index (χ3v) is 4.22. The van der Waals surface area contributed by atoms with Gasteiger partial charge in [0.1, 0.15) is 11.5 Å². The minimum atomic E-state index is 0.190. The molecule has 3 nitrogen and oxygen atoms in total. The van der Waals surface area contributed by atoms with Crippen LogP contribution >= 0.6 is 0 Å². The number of hydrogen-bond acceptors (Lipinski definition) is 3. The fourth-order valence-corrected chi connectivity index (χ4v) is 3.16. The Hall–Kier alpha value is -2.16. The number of nitrogens with zero attached hydrogens (tertiary/aromatic N) is 1. The van der Waals surface area contributed by atoms with E-state index >= 15 is 0 Å². The Morgan fingerprint density at radius 3 is 2.90 bits per heavy atom. The van der Waals surface area contributed by atoms with E-state index in [1.54, 1.807) is 18.3 Å². The highest BCUT2D eigenvalue weighted by Gasteiger charge is 2.24. The summed E-state index contributed by atoms with van der Waals surface area (Å²) in [6.07, 6.45) is 4.97. The van der Waals surface area contributed by atoms with E-state index in [9.17, 15) is 9.90 Å². The summed E-state index contributed by atoms with van der Waals surface area (Å²) in [5.41, 5.74) is 4.12. The van der Waals surface area contributed by atoms with Gasteiger partial charge in [0, 0.05) is 24.6 Å². The van der Waals surface area contributed by atoms with E-state index < -0.39 is 0 Å². The maximum Gasteiger partial charge on any atom is 0.133 e. The number of carbonyl (C=O) groups excluding carboxylic acids is 1. The number of aryl methyl sites for hydroxylation is 1. The highest BCUT2D eigenvalue weighted by atomic mass is 16.3. The molecule has 1 aromatic carbocycles. The molecular formula is C18H19NO2. The van der Waals surface area contributed by atoms with Crippen LogP contribution in [-0.2, 0) is 4.79 Å². The Labute approximate surface area is 124 Å². The molecule has 1 aliphatic rings. The Balaban J connectivity index is 2.09. The van der Waals surface area contributed by atoms with Gasteiger partial charge in [-0.05, 0) is 61.1 Å². The molecule has 108 valence electrons. The summed E-state index contributed by atoms with van der Waals surface area (Å²) in [6, 6.07) is 9.36. The quantitative estimate of drug-likeness (QED) is 0.905. The van der Waals surface area contributed by atoms with Crippen molar-refractivity contribution in [2.24, 2.45) is 0 Å². The van der Waals surface area contributed by atoms with Crippen LogP contribution in [0.1, 0.15) is 42.7 Å². The van der Waals surface area contributed by atoms with E-state index in [1.165, 1.54) is 0 Å². The third kappa shape index (κ3) is 2.82. The number of phenolic OH excluding ortho intramolecular Hbond substituents is 1. The fraction of sp³-hybridized carbons (Fsp3) is 0.333. The van der Waals surface area contributed by atoms with Gasteiger partial charge in [0.2, 0.25) is 0 Å². The zero-order valence-electron chi connectivity index (χ0n) is 12.2.